The van der Waals surface area contributed by atoms with Crippen molar-refractivity contribution in [1.82, 2.24) is 29.0 Å². The van der Waals surface area contributed by atoms with Gasteiger partial charge in [-0.05, 0) is 25.0 Å². The third-order valence-electron chi connectivity index (χ3n) is 5.97. The topological polar surface area (TPSA) is 120 Å². The van der Waals surface area contributed by atoms with Crippen molar-refractivity contribution in [2.45, 2.75) is 25.4 Å². The molecule has 1 aromatic carbocycles. The molecule has 1 saturated heterocycles. The van der Waals surface area contributed by atoms with E-state index in [-0.39, 0.29) is 29.7 Å². The highest BCUT2D eigenvalue weighted by Crippen LogP contribution is 2.27. The van der Waals surface area contributed by atoms with E-state index in [4.69, 9.17) is 4.42 Å². The molecule has 4 heterocycles. The Balaban J connectivity index is 1.30. The number of anilines is 1. The fourth-order valence-corrected chi connectivity index (χ4v) is 4.24. The van der Waals surface area contributed by atoms with E-state index in [1.807, 2.05) is 24.3 Å². The lowest BCUT2D eigenvalue weighted by Crippen LogP contribution is -2.41. The Morgan fingerprint density at radius 2 is 2.03 bits per heavy atom. The van der Waals surface area contributed by atoms with Gasteiger partial charge in [0.25, 0.3) is 11.6 Å². The fraction of sp³-hybridized carbons (Fsp3) is 0.381. The summed E-state index contributed by atoms with van der Waals surface area (Å²) in [6.45, 7) is 1.17. The van der Waals surface area contributed by atoms with Gasteiger partial charge in [-0.3, -0.25) is 18.7 Å². The maximum atomic E-state index is 12.6. The first-order valence-corrected chi connectivity index (χ1v) is 10.4. The largest absolute Gasteiger partial charge is 0.423 e. The third-order valence-corrected chi connectivity index (χ3v) is 5.97. The molecule has 1 N–H and O–H groups in total. The second-order valence-electron chi connectivity index (χ2n) is 8.01. The van der Waals surface area contributed by atoms with Crippen LogP contribution in [0.4, 0.5) is 6.01 Å². The molecule has 1 aliphatic rings. The van der Waals surface area contributed by atoms with Crippen LogP contribution in [0.15, 0.2) is 44.6 Å². The van der Waals surface area contributed by atoms with Crippen LogP contribution in [0.5, 0.6) is 0 Å². The van der Waals surface area contributed by atoms with Crippen molar-refractivity contribution in [3.8, 4) is 0 Å². The average molecular weight is 437 g/mol. The molecule has 3 aromatic heterocycles. The van der Waals surface area contributed by atoms with E-state index in [1.165, 1.54) is 22.5 Å². The molecule has 32 heavy (non-hydrogen) atoms. The van der Waals surface area contributed by atoms with Crippen molar-refractivity contribution < 1.29 is 9.21 Å². The van der Waals surface area contributed by atoms with Crippen LogP contribution in [0.25, 0.3) is 22.3 Å². The number of para-hydroxylation sites is 2. The summed E-state index contributed by atoms with van der Waals surface area (Å²) in [5.74, 6) is -0.246. The van der Waals surface area contributed by atoms with Crippen molar-refractivity contribution in [3.05, 3.63) is 51.4 Å². The van der Waals surface area contributed by atoms with Gasteiger partial charge >= 0.3 is 5.69 Å². The minimum atomic E-state index is -0.480. The van der Waals surface area contributed by atoms with Crippen LogP contribution in [-0.4, -0.2) is 48.7 Å². The molecule has 4 aromatic rings. The van der Waals surface area contributed by atoms with E-state index in [0.717, 1.165) is 35.1 Å². The van der Waals surface area contributed by atoms with Crippen molar-refractivity contribution in [2.75, 3.05) is 18.0 Å². The molecule has 0 bridgehead atoms. The van der Waals surface area contributed by atoms with Gasteiger partial charge in [-0.25, -0.2) is 9.78 Å². The molecule has 0 saturated carbocycles. The molecule has 0 radical (unpaired) electrons. The summed E-state index contributed by atoms with van der Waals surface area (Å²) < 4.78 is 9.67. The lowest BCUT2D eigenvalue weighted by molar-refractivity contribution is -0.121. The number of hydrogen-bond donors (Lipinski definition) is 1. The summed E-state index contributed by atoms with van der Waals surface area (Å²) in [5.41, 5.74) is 1.08. The zero-order chi connectivity index (χ0) is 22.4. The van der Waals surface area contributed by atoms with Crippen LogP contribution in [-0.2, 0) is 25.4 Å². The van der Waals surface area contributed by atoms with Crippen molar-refractivity contribution in [2.24, 2.45) is 14.1 Å². The minimum Gasteiger partial charge on any atom is -0.423 e. The summed E-state index contributed by atoms with van der Waals surface area (Å²) >= 11 is 0. The number of rotatable bonds is 5. The predicted molar refractivity (Wildman–Crippen MR) is 118 cm³/mol. The van der Waals surface area contributed by atoms with Crippen LogP contribution in [0.2, 0.25) is 0 Å². The molecule has 1 aliphatic heterocycles. The van der Waals surface area contributed by atoms with Gasteiger partial charge in [-0.1, -0.05) is 12.1 Å². The molecule has 0 aliphatic carbocycles. The quantitative estimate of drug-likeness (QED) is 0.479. The predicted octanol–water partition coefficient (Wildman–Crippen LogP) is 0.360. The zero-order valence-corrected chi connectivity index (χ0v) is 17.8. The molecule has 0 unspecified atom stereocenters. The van der Waals surface area contributed by atoms with Crippen molar-refractivity contribution in [1.29, 1.82) is 0 Å². The maximum absolute atomic E-state index is 12.6. The zero-order valence-electron chi connectivity index (χ0n) is 17.8. The van der Waals surface area contributed by atoms with Gasteiger partial charge in [0, 0.05) is 27.2 Å². The van der Waals surface area contributed by atoms with E-state index in [2.05, 4.69) is 20.2 Å². The van der Waals surface area contributed by atoms with Crippen molar-refractivity contribution in [3.63, 3.8) is 0 Å². The van der Waals surface area contributed by atoms with E-state index in [0.29, 0.717) is 12.6 Å². The molecule has 1 amide bonds. The van der Waals surface area contributed by atoms with Gasteiger partial charge in [0.05, 0.1) is 12.4 Å². The molecular formula is C21H23N7O4. The monoisotopic (exact) mass is 437 g/mol. The Bertz CT molecular complexity index is 1410. The molecule has 1 fully saturated rings. The van der Waals surface area contributed by atoms with Crippen molar-refractivity contribution >= 4 is 34.2 Å². The molecule has 166 valence electrons. The molecule has 11 heteroatoms. The number of fused-ring (bicyclic) bond motifs is 2. The molecule has 5 rings (SSSR count). The smallest absolute Gasteiger partial charge is 0.332 e. The minimum absolute atomic E-state index is 0.0697. The number of imidazole rings is 1. The van der Waals surface area contributed by atoms with Gasteiger partial charge in [-0.2, -0.15) is 4.98 Å². The third kappa shape index (κ3) is 3.26. The summed E-state index contributed by atoms with van der Waals surface area (Å²) in [7, 11) is 2.95. The van der Waals surface area contributed by atoms with Crippen LogP contribution < -0.4 is 21.5 Å². The molecule has 1 atom stereocenters. The fourth-order valence-electron chi connectivity index (χ4n) is 4.24. The van der Waals surface area contributed by atoms with Crippen LogP contribution in [0.1, 0.15) is 12.8 Å². The second kappa shape index (κ2) is 7.66. The van der Waals surface area contributed by atoms with Gasteiger partial charge in [0.2, 0.25) is 5.91 Å². The van der Waals surface area contributed by atoms with Crippen LogP contribution in [0, 0.1) is 0 Å². The summed E-state index contributed by atoms with van der Waals surface area (Å²) in [6, 6.07) is 8.25. The number of oxazole rings is 1. The molecule has 11 nitrogen and oxygen atoms in total. The first-order chi connectivity index (χ1) is 15.4. The molecule has 0 spiro atoms. The first kappa shape index (κ1) is 20.0. The maximum Gasteiger partial charge on any atom is 0.332 e. The standard InChI is InChI=1S/C21H23N7O4/c1-25-18-17(19(30)26(2)21(25)31)27(12-23-18)11-16(29)22-10-13-6-5-9-28(13)20-24-14-7-3-4-8-15(14)32-20/h3-4,7-8,12-13H,5-6,9-11H2,1-2H3,(H,22,29)/t13-/m1/s1. The average Bonchev–Trinajstić information content (AvgIpc) is 3.52. The Kier molecular flexibility index (Phi) is 4.80. The number of hydrogen-bond acceptors (Lipinski definition) is 7. The number of aromatic nitrogens is 5. The lowest BCUT2D eigenvalue weighted by atomic mass is 10.2. The van der Waals surface area contributed by atoms with E-state index in [1.54, 1.807) is 7.05 Å². The number of nitrogens with zero attached hydrogens (tertiary/aromatic N) is 6. The van der Waals surface area contributed by atoms with E-state index < -0.39 is 11.2 Å². The number of aryl methyl sites for hydroxylation is 1. The number of benzene rings is 1. The van der Waals surface area contributed by atoms with E-state index in [9.17, 15) is 14.4 Å². The summed E-state index contributed by atoms with van der Waals surface area (Å²) in [5, 5.41) is 2.95. The SMILES string of the molecule is Cn1c(=O)c2c(ncn2CC(=O)NC[C@H]2CCCN2c2nc3ccccc3o2)n(C)c1=O. The lowest BCUT2D eigenvalue weighted by Gasteiger charge is -2.23. The summed E-state index contributed by atoms with van der Waals surface area (Å²) in [6.07, 6.45) is 3.30. The highest BCUT2D eigenvalue weighted by Gasteiger charge is 2.28. The number of amides is 1. The van der Waals surface area contributed by atoms with Gasteiger partial charge < -0.3 is 19.2 Å². The Labute approximate surface area is 181 Å². The van der Waals surface area contributed by atoms with Crippen LogP contribution >= 0.6 is 0 Å². The Hall–Kier alpha value is -3.89. The summed E-state index contributed by atoms with van der Waals surface area (Å²) in [4.78, 5) is 48.1. The second-order valence-corrected chi connectivity index (χ2v) is 8.01. The highest BCUT2D eigenvalue weighted by molar-refractivity contribution is 5.79. The van der Waals surface area contributed by atoms with Gasteiger partial charge in [0.1, 0.15) is 12.1 Å². The number of nitrogens with one attached hydrogen (secondary N) is 1. The van der Waals surface area contributed by atoms with Gasteiger partial charge in [0.15, 0.2) is 16.7 Å². The van der Waals surface area contributed by atoms with Crippen LogP contribution in [0.3, 0.4) is 0 Å². The Morgan fingerprint density at radius 3 is 2.84 bits per heavy atom. The first-order valence-electron chi connectivity index (χ1n) is 10.4. The Morgan fingerprint density at radius 1 is 1.22 bits per heavy atom. The number of carbonyl (C=O) groups excluding carboxylic acids is 1. The molecular weight excluding hydrogens is 414 g/mol. The normalized spacial score (nSPS) is 16.3. The van der Waals surface area contributed by atoms with Gasteiger partial charge in [-0.15, -0.1) is 0 Å². The van der Waals surface area contributed by atoms with E-state index >= 15 is 0 Å². The number of carbonyl (C=O) groups is 1. The highest BCUT2D eigenvalue weighted by atomic mass is 16.4.